The van der Waals surface area contributed by atoms with Gasteiger partial charge in [0.25, 0.3) is 5.91 Å². The van der Waals surface area contributed by atoms with Gasteiger partial charge in [-0.3, -0.25) is 10.1 Å². The number of carbonyl (C=O) groups is 2. The van der Waals surface area contributed by atoms with E-state index < -0.39 is 11.9 Å². The van der Waals surface area contributed by atoms with Gasteiger partial charge in [0.15, 0.2) is 6.61 Å². The number of furan rings is 1. The summed E-state index contributed by atoms with van der Waals surface area (Å²) in [6.45, 7) is -0.0150. The van der Waals surface area contributed by atoms with Crippen LogP contribution in [-0.2, 0) is 11.3 Å². The van der Waals surface area contributed by atoms with E-state index >= 15 is 0 Å². The molecule has 0 unspecified atom stereocenters. The summed E-state index contributed by atoms with van der Waals surface area (Å²) < 4.78 is 11.4. The van der Waals surface area contributed by atoms with Crippen molar-refractivity contribution < 1.29 is 18.7 Å². The van der Waals surface area contributed by atoms with E-state index in [-0.39, 0.29) is 13.2 Å². The third-order valence-corrected chi connectivity index (χ3v) is 3.16. The molecule has 0 aliphatic rings. The van der Waals surface area contributed by atoms with Crippen molar-refractivity contribution in [1.82, 2.24) is 10.6 Å². The number of hydrogen-bond acceptors (Lipinski definition) is 4. The van der Waals surface area contributed by atoms with Gasteiger partial charge in [0.05, 0.1) is 12.8 Å². The van der Waals surface area contributed by atoms with E-state index in [9.17, 15) is 9.59 Å². The molecule has 0 spiro atoms. The number of rotatable bonds is 5. The summed E-state index contributed by atoms with van der Waals surface area (Å²) in [5, 5.41) is 4.67. The molecular weight excluding hydrogens is 387 g/mol. The van der Waals surface area contributed by atoms with Crippen LogP contribution >= 0.6 is 22.6 Å². The van der Waals surface area contributed by atoms with E-state index in [0.29, 0.717) is 11.5 Å². The van der Waals surface area contributed by atoms with E-state index in [1.165, 1.54) is 6.26 Å². The molecule has 0 saturated heterocycles. The average Bonchev–Trinajstić information content (AvgIpc) is 2.98. The molecule has 3 amide bonds. The number of nitrogens with one attached hydrogen (secondary N) is 2. The van der Waals surface area contributed by atoms with Gasteiger partial charge in [-0.15, -0.1) is 0 Å². The minimum Gasteiger partial charge on any atom is -0.484 e. The number of amides is 3. The van der Waals surface area contributed by atoms with Gasteiger partial charge in [0, 0.05) is 3.57 Å². The van der Waals surface area contributed by atoms with Crippen molar-refractivity contribution in [2.45, 2.75) is 6.54 Å². The van der Waals surface area contributed by atoms with Crippen molar-refractivity contribution >= 4 is 34.5 Å². The Morgan fingerprint density at radius 1 is 1.19 bits per heavy atom. The molecule has 0 aliphatic carbocycles. The van der Waals surface area contributed by atoms with Gasteiger partial charge in [-0.25, -0.2) is 4.79 Å². The van der Waals surface area contributed by atoms with E-state index in [0.717, 1.165) is 3.57 Å². The topological polar surface area (TPSA) is 80.6 Å². The summed E-state index contributed by atoms with van der Waals surface area (Å²) >= 11 is 2.17. The van der Waals surface area contributed by atoms with Crippen LogP contribution < -0.4 is 15.4 Å². The second kappa shape index (κ2) is 7.67. The van der Waals surface area contributed by atoms with Crippen LogP contribution in [0.3, 0.4) is 0 Å². The minimum absolute atomic E-state index is 0.212. The lowest BCUT2D eigenvalue weighted by Crippen LogP contribution is -2.41. The number of hydrogen-bond donors (Lipinski definition) is 2. The van der Waals surface area contributed by atoms with E-state index in [1.54, 1.807) is 24.3 Å². The second-order valence-electron chi connectivity index (χ2n) is 4.05. The number of benzene rings is 1. The predicted molar refractivity (Wildman–Crippen MR) is 83.7 cm³/mol. The normalized spacial score (nSPS) is 9.95. The molecule has 1 aromatic carbocycles. The van der Waals surface area contributed by atoms with E-state index in [2.05, 4.69) is 33.2 Å². The molecule has 7 heteroatoms. The van der Waals surface area contributed by atoms with Crippen molar-refractivity contribution in [3.05, 3.63) is 52.0 Å². The fourth-order valence-electron chi connectivity index (χ4n) is 1.47. The molecule has 0 saturated carbocycles. The van der Waals surface area contributed by atoms with Crippen LogP contribution in [0, 0.1) is 3.57 Å². The first-order valence-electron chi connectivity index (χ1n) is 6.12. The van der Waals surface area contributed by atoms with Gasteiger partial charge >= 0.3 is 6.03 Å². The zero-order valence-corrected chi connectivity index (χ0v) is 13.1. The van der Waals surface area contributed by atoms with Crippen molar-refractivity contribution in [2.24, 2.45) is 0 Å². The number of ether oxygens (including phenoxy) is 1. The molecule has 0 bridgehead atoms. The van der Waals surface area contributed by atoms with Gasteiger partial charge in [-0.2, -0.15) is 0 Å². The highest BCUT2D eigenvalue weighted by molar-refractivity contribution is 14.1. The molecule has 2 aromatic rings. The summed E-state index contributed by atoms with van der Waals surface area (Å²) in [6, 6.07) is 10.1. The largest absolute Gasteiger partial charge is 0.484 e. The quantitative estimate of drug-likeness (QED) is 0.755. The fourth-order valence-corrected chi connectivity index (χ4v) is 1.83. The molecule has 6 nitrogen and oxygen atoms in total. The Hall–Kier alpha value is -2.03. The Labute approximate surface area is 135 Å². The van der Waals surface area contributed by atoms with Gasteiger partial charge < -0.3 is 14.5 Å². The summed E-state index contributed by atoms with van der Waals surface area (Å²) in [7, 11) is 0. The third-order valence-electron chi connectivity index (χ3n) is 2.44. The Morgan fingerprint density at radius 3 is 2.62 bits per heavy atom. The highest BCUT2D eigenvalue weighted by Crippen LogP contribution is 2.13. The third kappa shape index (κ3) is 5.46. The van der Waals surface area contributed by atoms with Crippen LogP contribution in [-0.4, -0.2) is 18.5 Å². The lowest BCUT2D eigenvalue weighted by Gasteiger charge is -2.07. The lowest BCUT2D eigenvalue weighted by molar-refractivity contribution is -0.122. The summed E-state index contributed by atoms with van der Waals surface area (Å²) in [4.78, 5) is 23.0. The Balaban J connectivity index is 1.68. The number of carbonyl (C=O) groups excluding carboxylic acids is 2. The molecule has 2 N–H and O–H groups in total. The smallest absolute Gasteiger partial charge is 0.321 e. The van der Waals surface area contributed by atoms with Crippen LogP contribution in [0.4, 0.5) is 4.79 Å². The monoisotopic (exact) mass is 400 g/mol. The Bertz CT molecular complexity index is 596. The Morgan fingerprint density at radius 2 is 1.95 bits per heavy atom. The van der Waals surface area contributed by atoms with Crippen LogP contribution in [0.5, 0.6) is 5.75 Å². The molecule has 0 aliphatic heterocycles. The molecule has 2 rings (SSSR count). The predicted octanol–water partition coefficient (Wildman–Crippen LogP) is 2.29. The summed E-state index contributed by atoms with van der Waals surface area (Å²) in [5.41, 5.74) is 0. The zero-order chi connectivity index (χ0) is 15.1. The standard InChI is InChI=1S/C14H13IN2O4/c15-10-3-5-11(6-4-10)21-9-13(18)17-14(19)16-8-12-2-1-7-20-12/h1-7H,8-9H2,(H2,16,17,18,19). The molecular formula is C14H13IN2O4. The molecule has 21 heavy (non-hydrogen) atoms. The highest BCUT2D eigenvalue weighted by atomic mass is 127. The minimum atomic E-state index is -0.595. The van der Waals surface area contributed by atoms with Crippen LogP contribution in [0.2, 0.25) is 0 Å². The SMILES string of the molecule is O=C(COc1ccc(I)cc1)NC(=O)NCc1ccco1. The molecule has 1 heterocycles. The first-order chi connectivity index (χ1) is 10.1. The van der Waals surface area contributed by atoms with E-state index in [4.69, 9.17) is 9.15 Å². The number of halogens is 1. The molecule has 0 atom stereocenters. The second-order valence-corrected chi connectivity index (χ2v) is 5.30. The summed E-state index contributed by atoms with van der Waals surface area (Å²) in [6.07, 6.45) is 1.51. The maximum absolute atomic E-state index is 11.5. The van der Waals surface area contributed by atoms with Crippen LogP contribution in [0.15, 0.2) is 47.1 Å². The highest BCUT2D eigenvalue weighted by Gasteiger charge is 2.08. The van der Waals surface area contributed by atoms with E-state index in [1.807, 2.05) is 12.1 Å². The maximum atomic E-state index is 11.5. The van der Waals surface area contributed by atoms with Gasteiger partial charge in [-0.05, 0) is 59.0 Å². The number of urea groups is 1. The average molecular weight is 400 g/mol. The zero-order valence-electron chi connectivity index (χ0n) is 11.0. The maximum Gasteiger partial charge on any atom is 0.321 e. The molecule has 110 valence electrons. The van der Waals surface area contributed by atoms with Crippen molar-refractivity contribution in [2.75, 3.05) is 6.61 Å². The van der Waals surface area contributed by atoms with Crippen molar-refractivity contribution in [3.63, 3.8) is 0 Å². The molecule has 1 aromatic heterocycles. The van der Waals surface area contributed by atoms with Gasteiger partial charge in [0.1, 0.15) is 11.5 Å². The van der Waals surface area contributed by atoms with Gasteiger partial charge in [-0.1, -0.05) is 0 Å². The van der Waals surface area contributed by atoms with Crippen molar-refractivity contribution in [1.29, 1.82) is 0 Å². The summed E-state index contributed by atoms with van der Waals surface area (Å²) in [5.74, 6) is 0.653. The fraction of sp³-hybridized carbons (Fsp3) is 0.143. The van der Waals surface area contributed by atoms with Crippen LogP contribution in [0.1, 0.15) is 5.76 Å². The van der Waals surface area contributed by atoms with Gasteiger partial charge in [0.2, 0.25) is 0 Å². The first-order valence-corrected chi connectivity index (χ1v) is 7.20. The lowest BCUT2D eigenvalue weighted by atomic mass is 10.3. The van der Waals surface area contributed by atoms with Crippen LogP contribution in [0.25, 0.3) is 0 Å². The van der Waals surface area contributed by atoms with Crippen molar-refractivity contribution in [3.8, 4) is 5.75 Å². The first kappa shape index (κ1) is 15.4. The Kier molecular flexibility index (Phi) is 5.61. The number of imide groups is 1. The molecule has 0 radical (unpaired) electrons. The molecule has 0 fully saturated rings.